The summed E-state index contributed by atoms with van der Waals surface area (Å²) in [7, 11) is 1.90. The SMILES string of the molecule is Cc1cc(C)cc(CN2C[C@H](C(=O)O)[C@@H](c3cnn(C)c3C)C2)c1. The minimum atomic E-state index is -0.717. The van der Waals surface area contributed by atoms with Gasteiger partial charge in [-0.05, 0) is 31.9 Å². The highest BCUT2D eigenvalue weighted by Crippen LogP contribution is 2.35. The lowest BCUT2D eigenvalue weighted by atomic mass is 9.89. The first-order chi connectivity index (χ1) is 11.3. The maximum Gasteiger partial charge on any atom is 0.308 e. The lowest BCUT2D eigenvalue weighted by molar-refractivity contribution is -0.141. The van der Waals surface area contributed by atoms with Crippen molar-refractivity contribution in [2.45, 2.75) is 33.2 Å². The van der Waals surface area contributed by atoms with Crippen molar-refractivity contribution >= 4 is 5.97 Å². The maximum absolute atomic E-state index is 11.8. The summed E-state index contributed by atoms with van der Waals surface area (Å²) in [5.74, 6) is -1.09. The Balaban J connectivity index is 1.82. The Hall–Kier alpha value is -2.14. The van der Waals surface area contributed by atoms with Crippen molar-refractivity contribution in [2.75, 3.05) is 13.1 Å². The standard InChI is InChI=1S/C19H25N3O2/c1-12-5-13(2)7-15(6-12)9-22-10-17(18(11-22)19(23)24)16-8-20-21(4)14(16)3/h5-8,17-18H,9-11H2,1-4H3,(H,23,24)/t17-,18+/m1/s1. The molecule has 128 valence electrons. The monoisotopic (exact) mass is 327 g/mol. The Kier molecular flexibility index (Phi) is 4.45. The summed E-state index contributed by atoms with van der Waals surface area (Å²) >= 11 is 0. The summed E-state index contributed by atoms with van der Waals surface area (Å²) in [6, 6.07) is 6.53. The average Bonchev–Trinajstić information content (AvgIpc) is 3.03. The third-order valence-corrected chi connectivity index (χ3v) is 5.07. The van der Waals surface area contributed by atoms with Crippen molar-refractivity contribution in [1.29, 1.82) is 0 Å². The molecule has 5 heteroatoms. The van der Waals surface area contributed by atoms with E-state index < -0.39 is 5.97 Å². The van der Waals surface area contributed by atoms with Crippen molar-refractivity contribution in [2.24, 2.45) is 13.0 Å². The largest absolute Gasteiger partial charge is 0.481 e. The summed E-state index contributed by atoms with van der Waals surface area (Å²) in [4.78, 5) is 14.0. The summed E-state index contributed by atoms with van der Waals surface area (Å²) < 4.78 is 1.82. The molecular formula is C19H25N3O2. The second-order valence-electron chi connectivity index (χ2n) is 7.05. The van der Waals surface area contributed by atoms with Crippen LogP contribution in [0, 0.1) is 26.7 Å². The highest BCUT2D eigenvalue weighted by Gasteiger charge is 2.39. The number of nitrogens with zero attached hydrogens (tertiary/aromatic N) is 3. The molecule has 5 nitrogen and oxygen atoms in total. The van der Waals surface area contributed by atoms with E-state index in [1.165, 1.54) is 16.7 Å². The van der Waals surface area contributed by atoms with Gasteiger partial charge in [0.2, 0.25) is 0 Å². The number of hydrogen-bond acceptors (Lipinski definition) is 3. The number of carboxylic acids is 1. The molecule has 1 aromatic carbocycles. The third kappa shape index (κ3) is 3.22. The van der Waals surface area contributed by atoms with Gasteiger partial charge in [-0.3, -0.25) is 14.4 Å². The van der Waals surface area contributed by atoms with Crippen LogP contribution in [0.1, 0.15) is 33.9 Å². The molecule has 0 aliphatic carbocycles. The lowest BCUT2D eigenvalue weighted by Crippen LogP contribution is -2.23. The lowest BCUT2D eigenvalue weighted by Gasteiger charge is -2.17. The van der Waals surface area contributed by atoms with E-state index in [0.717, 1.165) is 24.3 Å². The Morgan fingerprint density at radius 3 is 2.42 bits per heavy atom. The molecule has 1 fully saturated rings. The highest BCUT2D eigenvalue weighted by atomic mass is 16.4. The van der Waals surface area contributed by atoms with Crippen LogP contribution in [0.3, 0.4) is 0 Å². The van der Waals surface area contributed by atoms with Crippen LogP contribution in [-0.2, 0) is 18.4 Å². The van der Waals surface area contributed by atoms with Crippen molar-refractivity contribution in [1.82, 2.24) is 14.7 Å². The van der Waals surface area contributed by atoms with Crippen molar-refractivity contribution < 1.29 is 9.90 Å². The van der Waals surface area contributed by atoms with Crippen LogP contribution in [0.2, 0.25) is 0 Å². The molecule has 0 radical (unpaired) electrons. The molecule has 3 rings (SSSR count). The van der Waals surface area contributed by atoms with E-state index in [1.807, 2.05) is 24.9 Å². The van der Waals surface area contributed by atoms with Gasteiger partial charge in [-0.25, -0.2) is 0 Å². The second-order valence-corrected chi connectivity index (χ2v) is 7.05. The number of hydrogen-bond donors (Lipinski definition) is 1. The topological polar surface area (TPSA) is 58.4 Å². The molecule has 1 aliphatic rings. The number of carbonyl (C=O) groups is 1. The second kappa shape index (κ2) is 6.40. The third-order valence-electron chi connectivity index (χ3n) is 5.07. The Bertz CT molecular complexity index is 746. The van der Waals surface area contributed by atoms with Crippen LogP contribution in [0.5, 0.6) is 0 Å². The van der Waals surface area contributed by atoms with Gasteiger partial charge in [0.05, 0.1) is 12.1 Å². The van der Waals surface area contributed by atoms with Gasteiger partial charge in [0.15, 0.2) is 0 Å². The molecule has 0 amide bonds. The van der Waals surface area contributed by atoms with E-state index >= 15 is 0 Å². The first kappa shape index (κ1) is 16.7. The quantitative estimate of drug-likeness (QED) is 0.938. The normalized spacial score (nSPS) is 21.3. The van der Waals surface area contributed by atoms with Gasteiger partial charge in [-0.2, -0.15) is 5.10 Å². The molecule has 1 N–H and O–H groups in total. The van der Waals surface area contributed by atoms with E-state index in [9.17, 15) is 9.90 Å². The van der Waals surface area contributed by atoms with E-state index in [4.69, 9.17) is 0 Å². The van der Waals surface area contributed by atoms with Gasteiger partial charge in [0.1, 0.15) is 0 Å². The Morgan fingerprint density at radius 2 is 1.88 bits per heavy atom. The highest BCUT2D eigenvalue weighted by molar-refractivity contribution is 5.72. The fraction of sp³-hybridized carbons (Fsp3) is 0.474. The zero-order valence-corrected chi connectivity index (χ0v) is 14.8. The minimum absolute atomic E-state index is 0.00195. The number of likely N-dealkylation sites (tertiary alicyclic amines) is 1. The smallest absolute Gasteiger partial charge is 0.308 e. The maximum atomic E-state index is 11.8. The Labute approximate surface area is 142 Å². The molecule has 1 aliphatic heterocycles. The van der Waals surface area contributed by atoms with Crippen molar-refractivity contribution in [3.8, 4) is 0 Å². The van der Waals surface area contributed by atoms with Gasteiger partial charge in [0.25, 0.3) is 0 Å². The fourth-order valence-corrected chi connectivity index (χ4v) is 3.88. The number of benzene rings is 1. The minimum Gasteiger partial charge on any atom is -0.481 e. The number of aliphatic carboxylic acids is 1. The molecule has 2 atom stereocenters. The summed E-state index contributed by atoms with van der Waals surface area (Å²) in [6.07, 6.45) is 1.83. The number of rotatable bonds is 4. The predicted molar refractivity (Wildman–Crippen MR) is 93.0 cm³/mol. The molecule has 1 saturated heterocycles. The van der Waals surface area contributed by atoms with Crippen molar-refractivity contribution in [3.63, 3.8) is 0 Å². The fourth-order valence-electron chi connectivity index (χ4n) is 3.88. The van der Waals surface area contributed by atoms with Crippen LogP contribution in [0.25, 0.3) is 0 Å². The van der Waals surface area contributed by atoms with E-state index in [2.05, 4.69) is 42.0 Å². The number of carboxylic acid groups (broad SMARTS) is 1. The van der Waals surface area contributed by atoms with Crippen LogP contribution < -0.4 is 0 Å². The van der Waals surface area contributed by atoms with Crippen LogP contribution in [0.4, 0.5) is 0 Å². The van der Waals surface area contributed by atoms with Gasteiger partial charge in [-0.1, -0.05) is 29.3 Å². The van der Waals surface area contributed by atoms with E-state index in [0.29, 0.717) is 6.54 Å². The summed E-state index contributed by atoms with van der Waals surface area (Å²) in [5.41, 5.74) is 5.87. The molecular weight excluding hydrogens is 302 g/mol. The molecule has 2 heterocycles. The summed E-state index contributed by atoms with van der Waals surface area (Å²) in [5, 5.41) is 14.0. The van der Waals surface area contributed by atoms with E-state index in [-0.39, 0.29) is 11.8 Å². The molecule has 0 unspecified atom stereocenters. The molecule has 1 aromatic heterocycles. The van der Waals surface area contributed by atoms with Gasteiger partial charge < -0.3 is 5.11 Å². The molecule has 2 aromatic rings. The average molecular weight is 327 g/mol. The van der Waals surface area contributed by atoms with Gasteiger partial charge >= 0.3 is 5.97 Å². The first-order valence-electron chi connectivity index (χ1n) is 8.36. The van der Waals surface area contributed by atoms with Crippen LogP contribution in [-0.4, -0.2) is 38.8 Å². The number of aromatic nitrogens is 2. The molecule has 0 spiro atoms. The number of aryl methyl sites for hydroxylation is 3. The van der Waals surface area contributed by atoms with Gasteiger partial charge in [0, 0.05) is 38.3 Å². The first-order valence-corrected chi connectivity index (χ1v) is 8.36. The predicted octanol–water partition coefficient (Wildman–Crippen LogP) is 2.65. The van der Waals surface area contributed by atoms with E-state index in [1.54, 1.807) is 0 Å². The summed E-state index contributed by atoms with van der Waals surface area (Å²) in [6.45, 7) is 8.35. The zero-order chi connectivity index (χ0) is 17.4. The Morgan fingerprint density at radius 1 is 1.21 bits per heavy atom. The van der Waals surface area contributed by atoms with Crippen LogP contribution in [0.15, 0.2) is 24.4 Å². The van der Waals surface area contributed by atoms with Crippen LogP contribution >= 0.6 is 0 Å². The molecule has 24 heavy (non-hydrogen) atoms. The van der Waals surface area contributed by atoms with Gasteiger partial charge in [-0.15, -0.1) is 0 Å². The molecule has 0 bridgehead atoms. The zero-order valence-electron chi connectivity index (χ0n) is 14.8. The van der Waals surface area contributed by atoms with Crippen molar-refractivity contribution in [3.05, 3.63) is 52.3 Å². The molecule has 0 saturated carbocycles.